The zero-order valence-electron chi connectivity index (χ0n) is 14.2. The van der Waals surface area contributed by atoms with Crippen molar-refractivity contribution in [2.24, 2.45) is 0 Å². The summed E-state index contributed by atoms with van der Waals surface area (Å²) in [4.78, 5) is 23.7. The van der Waals surface area contributed by atoms with Gasteiger partial charge in [0.1, 0.15) is 11.3 Å². The normalized spacial score (nSPS) is 12.2. The van der Waals surface area contributed by atoms with Gasteiger partial charge in [0, 0.05) is 19.2 Å². The topological polar surface area (TPSA) is 88.8 Å². The Labute approximate surface area is 140 Å². The molecule has 1 atom stereocenters. The van der Waals surface area contributed by atoms with Gasteiger partial charge < -0.3 is 19.6 Å². The molecule has 2 N–H and O–H groups in total. The Morgan fingerprint density at radius 1 is 1.38 bits per heavy atom. The van der Waals surface area contributed by atoms with E-state index in [9.17, 15) is 9.59 Å². The highest BCUT2D eigenvalue weighted by atomic mass is 16.5. The largest absolute Gasteiger partial charge is 0.480 e. The van der Waals surface area contributed by atoms with E-state index in [0.717, 1.165) is 16.5 Å². The lowest BCUT2D eigenvalue weighted by Crippen LogP contribution is -2.37. The van der Waals surface area contributed by atoms with Gasteiger partial charge in [-0.25, -0.2) is 4.79 Å². The molecule has 2 aromatic rings. The molecule has 0 spiro atoms. The fourth-order valence-corrected chi connectivity index (χ4v) is 2.52. The standard InChI is InChI=1S/C18H23NO5/c1-4-13-10-16(21)24-15-9-11(2)8-14(17(13)15)23-12(3)18(22)19-6-5-7-20/h8-10,12,20H,4-7H2,1-3H3,(H,19,22)/t12-/m1/s1. The van der Waals surface area contributed by atoms with Crippen molar-refractivity contribution in [1.29, 1.82) is 0 Å². The number of aliphatic hydroxyl groups excluding tert-OH is 1. The quantitative estimate of drug-likeness (QED) is 0.597. The molecule has 0 unspecified atom stereocenters. The minimum absolute atomic E-state index is 0.0247. The average Bonchev–Trinajstić information content (AvgIpc) is 2.53. The van der Waals surface area contributed by atoms with Crippen molar-refractivity contribution in [3.05, 3.63) is 39.7 Å². The summed E-state index contributed by atoms with van der Waals surface area (Å²) in [6.45, 7) is 5.90. The van der Waals surface area contributed by atoms with Crippen LogP contribution in [-0.4, -0.2) is 30.3 Å². The number of ether oxygens (including phenoxy) is 1. The molecule has 6 heteroatoms. The second kappa shape index (κ2) is 7.97. The summed E-state index contributed by atoms with van der Waals surface area (Å²) < 4.78 is 11.1. The van der Waals surface area contributed by atoms with Crippen molar-refractivity contribution in [3.63, 3.8) is 0 Å². The molecule has 0 saturated heterocycles. The van der Waals surface area contributed by atoms with E-state index in [1.165, 1.54) is 6.07 Å². The maximum Gasteiger partial charge on any atom is 0.336 e. The lowest BCUT2D eigenvalue weighted by Gasteiger charge is -2.17. The van der Waals surface area contributed by atoms with E-state index in [4.69, 9.17) is 14.3 Å². The summed E-state index contributed by atoms with van der Waals surface area (Å²) in [7, 11) is 0. The number of amides is 1. The number of fused-ring (bicyclic) bond motifs is 1. The molecule has 1 aromatic carbocycles. The van der Waals surface area contributed by atoms with E-state index < -0.39 is 11.7 Å². The summed E-state index contributed by atoms with van der Waals surface area (Å²) >= 11 is 0. The molecule has 0 aliphatic heterocycles. The number of carbonyl (C=O) groups is 1. The van der Waals surface area contributed by atoms with Crippen molar-refractivity contribution >= 4 is 16.9 Å². The van der Waals surface area contributed by atoms with Crippen LogP contribution in [-0.2, 0) is 11.2 Å². The number of aliphatic hydroxyl groups is 1. The molecule has 0 aliphatic rings. The maximum absolute atomic E-state index is 12.1. The van der Waals surface area contributed by atoms with Crippen molar-refractivity contribution in [2.45, 2.75) is 39.7 Å². The number of rotatable bonds is 7. The highest BCUT2D eigenvalue weighted by Crippen LogP contribution is 2.30. The highest BCUT2D eigenvalue weighted by Gasteiger charge is 2.18. The molecule has 2 rings (SSSR count). The number of hydrogen-bond donors (Lipinski definition) is 2. The molecule has 130 valence electrons. The van der Waals surface area contributed by atoms with E-state index in [2.05, 4.69) is 5.32 Å². The third-order valence-electron chi connectivity index (χ3n) is 3.72. The van der Waals surface area contributed by atoms with Gasteiger partial charge in [-0.1, -0.05) is 6.92 Å². The van der Waals surface area contributed by atoms with E-state index in [1.807, 2.05) is 19.9 Å². The second-order valence-corrected chi connectivity index (χ2v) is 5.71. The molecule has 0 saturated carbocycles. The lowest BCUT2D eigenvalue weighted by atomic mass is 10.0. The molecule has 0 radical (unpaired) electrons. The van der Waals surface area contributed by atoms with Crippen LogP contribution >= 0.6 is 0 Å². The zero-order valence-corrected chi connectivity index (χ0v) is 14.2. The molecule has 1 amide bonds. The maximum atomic E-state index is 12.1. The Balaban J connectivity index is 2.34. The van der Waals surface area contributed by atoms with Gasteiger partial charge in [0.2, 0.25) is 0 Å². The fraction of sp³-hybridized carbons (Fsp3) is 0.444. The number of carbonyl (C=O) groups excluding carboxylic acids is 1. The summed E-state index contributed by atoms with van der Waals surface area (Å²) in [6.07, 6.45) is 0.445. The van der Waals surface area contributed by atoms with Gasteiger partial charge in [0.05, 0.1) is 5.39 Å². The molecular weight excluding hydrogens is 310 g/mol. The monoisotopic (exact) mass is 333 g/mol. The second-order valence-electron chi connectivity index (χ2n) is 5.71. The molecule has 6 nitrogen and oxygen atoms in total. The molecule has 24 heavy (non-hydrogen) atoms. The van der Waals surface area contributed by atoms with Crippen molar-refractivity contribution in [1.82, 2.24) is 5.32 Å². The van der Waals surface area contributed by atoms with Crippen LogP contribution in [0.5, 0.6) is 5.75 Å². The highest BCUT2D eigenvalue weighted by molar-refractivity contribution is 5.88. The Hall–Kier alpha value is -2.34. The minimum atomic E-state index is -0.703. The zero-order chi connectivity index (χ0) is 17.7. The summed E-state index contributed by atoms with van der Waals surface area (Å²) in [5, 5.41) is 12.2. The van der Waals surface area contributed by atoms with Crippen LogP contribution in [0, 0.1) is 6.92 Å². The Kier molecular flexibility index (Phi) is 5.98. The molecule has 0 aliphatic carbocycles. The average molecular weight is 333 g/mol. The van der Waals surface area contributed by atoms with Crippen LogP contribution < -0.4 is 15.7 Å². The predicted molar refractivity (Wildman–Crippen MR) is 91.4 cm³/mol. The molecule has 1 aromatic heterocycles. The van der Waals surface area contributed by atoms with Gasteiger partial charge >= 0.3 is 5.63 Å². The first kappa shape index (κ1) is 18.0. The number of aryl methyl sites for hydroxylation is 2. The van der Waals surface area contributed by atoms with Crippen LogP contribution in [0.25, 0.3) is 11.0 Å². The van der Waals surface area contributed by atoms with E-state index in [0.29, 0.717) is 30.7 Å². The first-order valence-corrected chi connectivity index (χ1v) is 8.08. The van der Waals surface area contributed by atoms with Crippen molar-refractivity contribution in [2.75, 3.05) is 13.2 Å². The molecule has 0 fully saturated rings. The van der Waals surface area contributed by atoms with Crippen LogP contribution in [0.3, 0.4) is 0 Å². The smallest absolute Gasteiger partial charge is 0.336 e. The van der Waals surface area contributed by atoms with Gasteiger partial charge in [-0.05, 0) is 49.9 Å². The molecule has 1 heterocycles. The Bertz CT molecular complexity index is 781. The van der Waals surface area contributed by atoms with Gasteiger partial charge in [0.15, 0.2) is 6.10 Å². The van der Waals surface area contributed by atoms with Crippen LogP contribution in [0.15, 0.2) is 27.4 Å². The summed E-state index contributed by atoms with van der Waals surface area (Å²) in [5.74, 6) is 0.268. The predicted octanol–water partition coefficient (Wildman–Crippen LogP) is 1.93. The van der Waals surface area contributed by atoms with Crippen molar-refractivity contribution in [3.8, 4) is 5.75 Å². The summed E-state index contributed by atoms with van der Waals surface area (Å²) in [5.41, 5.74) is 1.76. The SMILES string of the molecule is CCc1cc(=O)oc2cc(C)cc(O[C@H](C)C(=O)NCCCO)c12. The molecular formula is C18H23NO5. The van der Waals surface area contributed by atoms with E-state index in [-0.39, 0.29) is 12.5 Å². The third kappa shape index (κ3) is 4.14. The lowest BCUT2D eigenvalue weighted by molar-refractivity contribution is -0.127. The van der Waals surface area contributed by atoms with Gasteiger partial charge in [-0.3, -0.25) is 4.79 Å². The minimum Gasteiger partial charge on any atom is -0.480 e. The Morgan fingerprint density at radius 3 is 2.79 bits per heavy atom. The van der Waals surface area contributed by atoms with E-state index in [1.54, 1.807) is 13.0 Å². The van der Waals surface area contributed by atoms with Crippen LogP contribution in [0.4, 0.5) is 0 Å². The fourth-order valence-electron chi connectivity index (χ4n) is 2.52. The third-order valence-corrected chi connectivity index (χ3v) is 3.72. The number of hydrogen-bond acceptors (Lipinski definition) is 5. The molecule has 0 bridgehead atoms. The van der Waals surface area contributed by atoms with Crippen LogP contribution in [0.2, 0.25) is 0 Å². The van der Waals surface area contributed by atoms with E-state index >= 15 is 0 Å². The first-order chi connectivity index (χ1) is 11.5. The number of benzene rings is 1. The number of nitrogens with one attached hydrogen (secondary N) is 1. The van der Waals surface area contributed by atoms with Crippen LogP contribution in [0.1, 0.15) is 31.4 Å². The van der Waals surface area contributed by atoms with Gasteiger partial charge in [0.25, 0.3) is 5.91 Å². The Morgan fingerprint density at radius 2 is 2.12 bits per heavy atom. The van der Waals surface area contributed by atoms with Gasteiger partial charge in [-0.15, -0.1) is 0 Å². The first-order valence-electron chi connectivity index (χ1n) is 8.08. The summed E-state index contributed by atoms with van der Waals surface area (Å²) in [6, 6.07) is 5.07. The van der Waals surface area contributed by atoms with Crippen molar-refractivity contribution < 1.29 is 19.1 Å². The van der Waals surface area contributed by atoms with Gasteiger partial charge in [-0.2, -0.15) is 0 Å².